The second-order valence-electron chi connectivity index (χ2n) is 2.91. The van der Waals surface area contributed by atoms with Crippen LogP contribution in [0.5, 0.6) is 0 Å². The molecule has 0 bridgehead atoms. The lowest BCUT2D eigenvalue weighted by molar-refractivity contribution is 0.738. The van der Waals surface area contributed by atoms with Gasteiger partial charge in [0.1, 0.15) is 0 Å². The van der Waals surface area contributed by atoms with E-state index in [2.05, 4.69) is 22.5 Å². The van der Waals surface area contributed by atoms with Gasteiger partial charge in [-0.2, -0.15) is 0 Å². The first-order chi connectivity index (χ1) is 6.15. The van der Waals surface area contributed by atoms with Crippen LogP contribution in [0.2, 0.25) is 0 Å². The highest BCUT2D eigenvalue weighted by Gasteiger charge is 2.07. The van der Waals surface area contributed by atoms with Gasteiger partial charge in [0.25, 0.3) is 0 Å². The van der Waals surface area contributed by atoms with E-state index in [4.69, 9.17) is 11.5 Å². The van der Waals surface area contributed by atoms with Gasteiger partial charge in [0.05, 0.1) is 0 Å². The maximum absolute atomic E-state index is 5.91. The van der Waals surface area contributed by atoms with Gasteiger partial charge >= 0.3 is 0 Å². The van der Waals surface area contributed by atoms with Gasteiger partial charge in [-0.3, -0.25) is 0 Å². The number of hydrogen-bond donors (Lipinski definition) is 2. The van der Waals surface area contributed by atoms with Crippen molar-refractivity contribution >= 4 is 21.6 Å². The SMILES string of the molecule is C=CC[C@@H](N)c1ccc(N)cc1Br. The van der Waals surface area contributed by atoms with Crippen molar-refractivity contribution in [3.8, 4) is 0 Å². The molecule has 0 saturated carbocycles. The Labute approximate surface area is 86.7 Å². The van der Waals surface area contributed by atoms with E-state index in [9.17, 15) is 0 Å². The Hall–Kier alpha value is -0.800. The van der Waals surface area contributed by atoms with Crippen molar-refractivity contribution in [3.05, 3.63) is 40.9 Å². The molecule has 0 aromatic heterocycles. The number of rotatable bonds is 3. The maximum Gasteiger partial charge on any atom is 0.0340 e. The van der Waals surface area contributed by atoms with E-state index in [0.29, 0.717) is 0 Å². The highest BCUT2D eigenvalue weighted by atomic mass is 79.9. The number of benzene rings is 1. The standard InChI is InChI=1S/C10H13BrN2/c1-2-3-10(13)8-5-4-7(12)6-9(8)11/h2,4-6,10H,1,3,12-13H2/t10-/m1/s1. The summed E-state index contributed by atoms with van der Waals surface area (Å²) in [7, 11) is 0. The van der Waals surface area contributed by atoms with E-state index < -0.39 is 0 Å². The molecule has 0 unspecified atom stereocenters. The number of nitrogen functional groups attached to an aromatic ring is 1. The molecule has 0 aliphatic carbocycles. The van der Waals surface area contributed by atoms with Gasteiger partial charge in [0.15, 0.2) is 0 Å². The predicted octanol–water partition coefficient (Wildman–Crippen LogP) is 2.61. The van der Waals surface area contributed by atoms with Crippen molar-refractivity contribution in [1.82, 2.24) is 0 Å². The number of nitrogens with two attached hydrogens (primary N) is 2. The first kappa shape index (κ1) is 10.3. The second-order valence-corrected chi connectivity index (χ2v) is 3.77. The van der Waals surface area contributed by atoms with Crippen molar-refractivity contribution in [2.24, 2.45) is 5.73 Å². The number of halogens is 1. The van der Waals surface area contributed by atoms with Crippen LogP contribution in [-0.2, 0) is 0 Å². The molecule has 13 heavy (non-hydrogen) atoms. The van der Waals surface area contributed by atoms with E-state index in [1.165, 1.54) is 0 Å². The Kier molecular flexibility index (Phi) is 3.51. The zero-order chi connectivity index (χ0) is 9.84. The molecule has 2 nitrogen and oxygen atoms in total. The lowest BCUT2D eigenvalue weighted by Crippen LogP contribution is -2.09. The Morgan fingerprint density at radius 1 is 1.54 bits per heavy atom. The molecule has 3 heteroatoms. The third-order valence-corrected chi connectivity index (χ3v) is 2.53. The summed E-state index contributed by atoms with van der Waals surface area (Å²) < 4.78 is 0.960. The molecule has 0 radical (unpaired) electrons. The normalized spacial score (nSPS) is 12.5. The van der Waals surface area contributed by atoms with Gasteiger partial charge in [-0.1, -0.05) is 28.1 Å². The van der Waals surface area contributed by atoms with Crippen molar-refractivity contribution < 1.29 is 0 Å². The van der Waals surface area contributed by atoms with Crippen LogP contribution in [0.1, 0.15) is 18.0 Å². The zero-order valence-corrected chi connectivity index (χ0v) is 8.92. The van der Waals surface area contributed by atoms with E-state index in [1.54, 1.807) is 0 Å². The third-order valence-electron chi connectivity index (χ3n) is 1.84. The van der Waals surface area contributed by atoms with Gasteiger partial charge in [-0.25, -0.2) is 0 Å². The fourth-order valence-electron chi connectivity index (χ4n) is 1.15. The third kappa shape index (κ3) is 2.57. The summed E-state index contributed by atoms with van der Waals surface area (Å²) in [6.45, 7) is 3.65. The van der Waals surface area contributed by atoms with Crippen molar-refractivity contribution in [2.75, 3.05) is 5.73 Å². The Bertz CT molecular complexity index is 310. The van der Waals surface area contributed by atoms with Crippen molar-refractivity contribution in [1.29, 1.82) is 0 Å². The number of hydrogen-bond acceptors (Lipinski definition) is 2. The fraction of sp³-hybridized carbons (Fsp3) is 0.200. The molecule has 0 amide bonds. The van der Waals surface area contributed by atoms with Gasteiger partial charge in [-0.15, -0.1) is 6.58 Å². The van der Waals surface area contributed by atoms with Crippen LogP contribution < -0.4 is 11.5 Å². The summed E-state index contributed by atoms with van der Waals surface area (Å²) in [6.07, 6.45) is 2.58. The van der Waals surface area contributed by atoms with Gasteiger partial charge < -0.3 is 11.5 Å². The molecule has 1 rings (SSSR count). The summed E-state index contributed by atoms with van der Waals surface area (Å²) in [5.41, 5.74) is 13.3. The molecule has 0 heterocycles. The molecule has 0 spiro atoms. The minimum Gasteiger partial charge on any atom is -0.399 e. The average molecular weight is 241 g/mol. The minimum atomic E-state index is -0.00697. The maximum atomic E-state index is 5.91. The van der Waals surface area contributed by atoms with Crippen LogP contribution in [0.15, 0.2) is 35.3 Å². The summed E-state index contributed by atoms with van der Waals surface area (Å²) >= 11 is 3.42. The summed E-state index contributed by atoms with van der Waals surface area (Å²) in [6, 6.07) is 5.64. The Morgan fingerprint density at radius 2 is 2.23 bits per heavy atom. The largest absolute Gasteiger partial charge is 0.399 e. The number of anilines is 1. The van der Waals surface area contributed by atoms with E-state index in [-0.39, 0.29) is 6.04 Å². The smallest absolute Gasteiger partial charge is 0.0340 e. The highest BCUT2D eigenvalue weighted by molar-refractivity contribution is 9.10. The molecule has 0 fully saturated rings. The lowest BCUT2D eigenvalue weighted by Gasteiger charge is -2.11. The zero-order valence-electron chi connectivity index (χ0n) is 7.33. The summed E-state index contributed by atoms with van der Waals surface area (Å²) in [5.74, 6) is 0. The molecular weight excluding hydrogens is 228 g/mol. The van der Waals surface area contributed by atoms with Crippen LogP contribution in [0.3, 0.4) is 0 Å². The Balaban J connectivity index is 2.94. The molecule has 70 valence electrons. The molecule has 1 aromatic carbocycles. The van der Waals surface area contributed by atoms with Crippen LogP contribution in [-0.4, -0.2) is 0 Å². The Morgan fingerprint density at radius 3 is 2.77 bits per heavy atom. The lowest BCUT2D eigenvalue weighted by atomic mass is 10.0. The highest BCUT2D eigenvalue weighted by Crippen LogP contribution is 2.26. The monoisotopic (exact) mass is 240 g/mol. The molecule has 0 saturated heterocycles. The topological polar surface area (TPSA) is 52.0 Å². The first-order valence-electron chi connectivity index (χ1n) is 4.06. The van der Waals surface area contributed by atoms with Crippen LogP contribution >= 0.6 is 15.9 Å². The van der Waals surface area contributed by atoms with E-state index in [0.717, 1.165) is 22.1 Å². The predicted molar refractivity (Wildman–Crippen MR) is 60.3 cm³/mol. The van der Waals surface area contributed by atoms with Crippen molar-refractivity contribution in [2.45, 2.75) is 12.5 Å². The summed E-state index contributed by atoms with van der Waals surface area (Å²) in [5, 5.41) is 0. The van der Waals surface area contributed by atoms with Crippen molar-refractivity contribution in [3.63, 3.8) is 0 Å². The molecule has 0 aliphatic rings. The molecular formula is C10H13BrN2. The molecule has 1 aromatic rings. The molecule has 1 atom stereocenters. The fourth-order valence-corrected chi connectivity index (χ4v) is 1.84. The molecule has 0 aliphatic heterocycles. The average Bonchev–Trinajstić information content (AvgIpc) is 2.04. The van der Waals surface area contributed by atoms with E-state index >= 15 is 0 Å². The van der Waals surface area contributed by atoms with Crippen LogP contribution in [0.4, 0.5) is 5.69 Å². The molecule has 4 N–H and O–H groups in total. The van der Waals surface area contributed by atoms with Gasteiger partial charge in [0.2, 0.25) is 0 Å². The van der Waals surface area contributed by atoms with Crippen LogP contribution in [0, 0.1) is 0 Å². The van der Waals surface area contributed by atoms with E-state index in [1.807, 2.05) is 24.3 Å². The minimum absolute atomic E-state index is 0.00697. The quantitative estimate of drug-likeness (QED) is 0.631. The second kappa shape index (κ2) is 4.44. The van der Waals surface area contributed by atoms with Crippen LogP contribution in [0.25, 0.3) is 0 Å². The first-order valence-corrected chi connectivity index (χ1v) is 4.86. The summed E-state index contributed by atoms with van der Waals surface area (Å²) in [4.78, 5) is 0. The van der Waals surface area contributed by atoms with Gasteiger partial charge in [0, 0.05) is 16.2 Å². The van der Waals surface area contributed by atoms with Gasteiger partial charge in [-0.05, 0) is 24.1 Å².